The van der Waals surface area contributed by atoms with E-state index in [-0.39, 0.29) is 5.41 Å². The zero-order valence-electron chi connectivity index (χ0n) is 9.60. The van der Waals surface area contributed by atoms with Crippen LogP contribution in [-0.2, 0) is 0 Å². The van der Waals surface area contributed by atoms with Crippen LogP contribution in [0, 0.1) is 5.41 Å². The Morgan fingerprint density at radius 2 is 2.31 bits per heavy atom. The highest BCUT2D eigenvalue weighted by molar-refractivity contribution is 5.94. The molecule has 16 heavy (non-hydrogen) atoms. The predicted octanol–water partition coefficient (Wildman–Crippen LogP) is 2.02. The first-order valence-electron chi connectivity index (χ1n) is 5.42. The summed E-state index contributed by atoms with van der Waals surface area (Å²) in [7, 11) is 0. The molecule has 1 N–H and O–H groups in total. The van der Waals surface area contributed by atoms with Crippen LogP contribution < -0.4 is 4.90 Å². The van der Waals surface area contributed by atoms with Gasteiger partial charge < -0.3 is 10.0 Å². The highest BCUT2D eigenvalue weighted by atomic mass is 16.4. The van der Waals surface area contributed by atoms with Crippen molar-refractivity contribution >= 4 is 11.7 Å². The van der Waals surface area contributed by atoms with Gasteiger partial charge in [-0.15, -0.1) is 0 Å². The standard InChI is InChI=1S/C12H16N2O2/c1-12(2)4-6-14(8-12)10-3-5-13-7-9(10)11(15)16/h3,5,7H,4,6,8H2,1-2H3,(H,15,16). The molecular formula is C12H16N2O2. The van der Waals surface area contributed by atoms with Crippen molar-refractivity contribution in [2.24, 2.45) is 5.41 Å². The molecule has 0 radical (unpaired) electrons. The number of aromatic nitrogens is 1. The normalized spacial score (nSPS) is 18.8. The van der Waals surface area contributed by atoms with E-state index < -0.39 is 5.97 Å². The predicted molar refractivity (Wildman–Crippen MR) is 61.8 cm³/mol. The summed E-state index contributed by atoms with van der Waals surface area (Å²) >= 11 is 0. The number of carbonyl (C=O) groups is 1. The largest absolute Gasteiger partial charge is 0.478 e. The molecule has 1 aromatic heterocycles. The van der Waals surface area contributed by atoms with Gasteiger partial charge in [0.25, 0.3) is 0 Å². The average molecular weight is 220 g/mol. The highest BCUT2D eigenvalue weighted by Crippen LogP contribution is 2.33. The van der Waals surface area contributed by atoms with Gasteiger partial charge >= 0.3 is 5.97 Å². The van der Waals surface area contributed by atoms with Gasteiger partial charge in [-0.2, -0.15) is 0 Å². The number of anilines is 1. The molecule has 0 unspecified atom stereocenters. The summed E-state index contributed by atoms with van der Waals surface area (Å²) in [6, 6.07) is 1.78. The van der Waals surface area contributed by atoms with E-state index in [9.17, 15) is 4.79 Å². The Morgan fingerprint density at radius 3 is 2.88 bits per heavy atom. The van der Waals surface area contributed by atoms with Crippen LogP contribution in [0.4, 0.5) is 5.69 Å². The average Bonchev–Trinajstić information content (AvgIpc) is 2.59. The first-order chi connectivity index (χ1) is 7.49. The summed E-state index contributed by atoms with van der Waals surface area (Å²) in [4.78, 5) is 17.1. The number of nitrogens with zero attached hydrogens (tertiary/aromatic N) is 2. The molecule has 0 spiro atoms. The molecule has 0 amide bonds. The maximum Gasteiger partial charge on any atom is 0.339 e. The maximum absolute atomic E-state index is 11.1. The summed E-state index contributed by atoms with van der Waals surface area (Å²) in [6.07, 6.45) is 4.16. The lowest BCUT2D eigenvalue weighted by atomic mass is 9.93. The van der Waals surface area contributed by atoms with Crippen LogP contribution in [0.5, 0.6) is 0 Å². The molecule has 1 aromatic rings. The second-order valence-electron chi connectivity index (χ2n) is 5.03. The Balaban J connectivity index is 2.31. The van der Waals surface area contributed by atoms with Crippen molar-refractivity contribution in [1.29, 1.82) is 0 Å². The zero-order valence-corrected chi connectivity index (χ0v) is 9.60. The van der Waals surface area contributed by atoms with Crippen LogP contribution in [0.25, 0.3) is 0 Å². The number of carboxylic acid groups (broad SMARTS) is 1. The Hall–Kier alpha value is -1.58. The molecule has 1 aliphatic rings. The molecule has 4 nitrogen and oxygen atoms in total. The minimum absolute atomic E-state index is 0.263. The van der Waals surface area contributed by atoms with Gasteiger partial charge in [-0.3, -0.25) is 4.98 Å². The Morgan fingerprint density at radius 1 is 1.56 bits per heavy atom. The lowest BCUT2D eigenvalue weighted by Gasteiger charge is -2.22. The zero-order chi connectivity index (χ0) is 11.8. The van der Waals surface area contributed by atoms with E-state index in [1.54, 1.807) is 12.3 Å². The number of aromatic carboxylic acids is 1. The van der Waals surface area contributed by atoms with Crippen molar-refractivity contribution in [3.05, 3.63) is 24.0 Å². The molecule has 0 bridgehead atoms. The summed E-state index contributed by atoms with van der Waals surface area (Å²) in [5.74, 6) is -0.909. The first kappa shape index (κ1) is 10.9. The van der Waals surface area contributed by atoms with Gasteiger partial charge in [-0.1, -0.05) is 13.8 Å². The molecule has 2 heterocycles. The topological polar surface area (TPSA) is 53.4 Å². The third-order valence-electron chi connectivity index (χ3n) is 3.05. The summed E-state index contributed by atoms with van der Waals surface area (Å²) < 4.78 is 0. The lowest BCUT2D eigenvalue weighted by molar-refractivity contribution is 0.0697. The number of rotatable bonds is 2. The number of pyridine rings is 1. The van der Waals surface area contributed by atoms with Gasteiger partial charge in [0.2, 0.25) is 0 Å². The number of hydrogen-bond donors (Lipinski definition) is 1. The minimum Gasteiger partial charge on any atom is -0.478 e. The summed E-state index contributed by atoms with van der Waals surface area (Å²) in [5.41, 5.74) is 1.34. The van der Waals surface area contributed by atoms with E-state index >= 15 is 0 Å². The third-order valence-corrected chi connectivity index (χ3v) is 3.05. The molecule has 4 heteroatoms. The first-order valence-corrected chi connectivity index (χ1v) is 5.42. The van der Waals surface area contributed by atoms with Crippen LogP contribution in [0.15, 0.2) is 18.5 Å². The third kappa shape index (κ3) is 2.01. The molecular weight excluding hydrogens is 204 g/mol. The molecule has 0 aromatic carbocycles. The van der Waals surface area contributed by atoms with E-state index in [1.807, 2.05) is 0 Å². The molecule has 2 rings (SSSR count). The fourth-order valence-electron chi connectivity index (χ4n) is 2.15. The smallest absolute Gasteiger partial charge is 0.339 e. The lowest BCUT2D eigenvalue weighted by Crippen LogP contribution is -2.24. The number of carboxylic acids is 1. The van der Waals surface area contributed by atoms with Crippen LogP contribution in [0.1, 0.15) is 30.6 Å². The van der Waals surface area contributed by atoms with Crippen molar-refractivity contribution in [3.8, 4) is 0 Å². The van der Waals surface area contributed by atoms with Crippen molar-refractivity contribution in [3.63, 3.8) is 0 Å². The monoisotopic (exact) mass is 220 g/mol. The molecule has 86 valence electrons. The molecule has 1 saturated heterocycles. The fourth-order valence-corrected chi connectivity index (χ4v) is 2.15. The molecule has 1 fully saturated rings. The van der Waals surface area contributed by atoms with Crippen LogP contribution >= 0.6 is 0 Å². The molecule has 1 aliphatic heterocycles. The van der Waals surface area contributed by atoms with Crippen LogP contribution in [0.2, 0.25) is 0 Å². The van der Waals surface area contributed by atoms with Gasteiger partial charge in [0, 0.05) is 25.5 Å². The second kappa shape index (κ2) is 3.77. The van der Waals surface area contributed by atoms with Gasteiger partial charge in [-0.05, 0) is 17.9 Å². The van der Waals surface area contributed by atoms with Crippen LogP contribution in [-0.4, -0.2) is 29.1 Å². The maximum atomic E-state index is 11.1. The van der Waals surface area contributed by atoms with E-state index in [2.05, 4.69) is 23.7 Å². The quantitative estimate of drug-likeness (QED) is 0.828. The molecule has 0 atom stereocenters. The minimum atomic E-state index is -0.909. The highest BCUT2D eigenvalue weighted by Gasteiger charge is 2.31. The number of hydrogen-bond acceptors (Lipinski definition) is 3. The van der Waals surface area contributed by atoms with Gasteiger partial charge in [0.05, 0.1) is 5.69 Å². The summed E-state index contributed by atoms with van der Waals surface area (Å²) in [5, 5.41) is 9.09. The van der Waals surface area contributed by atoms with Crippen molar-refractivity contribution in [2.45, 2.75) is 20.3 Å². The van der Waals surface area contributed by atoms with E-state index in [4.69, 9.17) is 5.11 Å². The molecule has 0 aliphatic carbocycles. The fraction of sp³-hybridized carbons (Fsp3) is 0.500. The van der Waals surface area contributed by atoms with Crippen molar-refractivity contribution in [1.82, 2.24) is 4.98 Å². The summed E-state index contributed by atoms with van der Waals surface area (Å²) in [6.45, 7) is 6.22. The van der Waals surface area contributed by atoms with Gasteiger partial charge in [-0.25, -0.2) is 4.79 Å². The Kier molecular flexibility index (Phi) is 2.58. The SMILES string of the molecule is CC1(C)CCN(c2ccncc2C(=O)O)C1. The van der Waals surface area contributed by atoms with Crippen molar-refractivity contribution in [2.75, 3.05) is 18.0 Å². The van der Waals surface area contributed by atoms with Crippen molar-refractivity contribution < 1.29 is 9.90 Å². The Bertz CT molecular complexity index is 415. The Labute approximate surface area is 94.9 Å². The second-order valence-corrected chi connectivity index (χ2v) is 5.03. The van der Waals surface area contributed by atoms with E-state index in [1.165, 1.54) is 6.20 Å². The van der Waals surface area contributed by atoms with E-state index in [0.717, 1.165) is 25.2 Å². The van der Waals surface area contributed by atoms with Gasteiger partial charge in [0.1, 0.15) is 5.56 Å². The molecule has 0 saturated carbocycles. The van der Waals surface area contributed by atoms with Gasteiger partial charge in [0.15, 0.2) is 0 Å². The van der Waals surface area contributed by atoms with E-state index in [0.29, 0.717) is 5.56 Å². The van der Waals surface area contributed by atoms with Crippen LogP contribution in [0.3, 0.4) is 0 Å².